The highest BCUT2D eigenvalue weighted by Crippen LogP contribution is 2.68. The zero-order valence-corrected chi connectivity index (χ0v) is 72.7. The van der Waals surface area contributed by atoms with E-state index < -0.39 is 136 Å². The number of aryl methyl sites for hydroxylation is 2. The highest BCUT2D eigenvalue weighted by atomic mass is 32.2. The average Bonchev–Trinajstić information content (AvgIpc) is 1.57. The molecule has 8 bridgehead atoms. The van der Waals surface area contributed by atoms with Gasteiger partial charge in [0.2, 0.25) is 13.6 Å². The van der Waals surface area contributed by atoms with E-state index >= 15 is 4.79 Å². The number of carbonyl (C=O) groups excluding carboxylic acids is 5. The topological polar surface area (TPSA) is 369 Å². The number of thioether (sulfide) groups is 2. The fraction of sp³-hybridized carbons (Fsp3) is 0.517. The third-order valence-electron chi connectivity index (χ3n) is 26.0. The number of methoxy groups -OCH3 is 4. The van der Waals surface area contributed by atoms with Gasteiger partial charge in [-0.25, -0.2) is 24.0 Å². The van der Waals surface area contributed by atoms with Gasteiger partial charge in [0, 0.05) is 93.3 Å². The molecule has 14 aliphatic rings. The SMILES string of the molecule is C.COc1cc2c(cc1OC(=O)OC(C)(C)C)CCN[C@]21CS[C@@H]2c3c(O)c(C)c4c(c3[C@H](COC1=O)N1C2[C@H]2c3c(cc(C)c(OC)c3O)C[C@@H]([C@@H]1C#N)N2C)OCO4.COc1cc2c(cc1OC(=O)OC(C)(C)C)CCN[C@]21CS[C@@H]2c3c(OC(=O)C(F)(F)F)c(C)c4c(c3[C@H](COC1=O)N1C2[C@H]2c3c(cc(C)c(OC)c3O)C[C@@H]([C@@H]1C#N)N2C)OCO4. The van der Waals surface area contributed by atoms with E-state index in [-0.39, 0.29) is 126 Å². The Balaban J connectivity index is 0.000000184. The number of likely N-dealkylation sites (N-methyl/N-ethyl adjacent to an activating group) is 2. The van der Waals surface area contributed by atoms with Crippen molar-refractivity contribution in [1.29, 1.82) is 10.5 Å². The number of aromatic hydroxyl groups is 3. The van der Waals surface area contributed by atoms with Crippen LogP contribution in [0, 0.1) is 50.4 Å². The molecule has 0 amide bonds. The van der Waals surface area contributed by atoms with Crippen molar-refractivity contribution < 1.29 is 124 Å². The summed E-state index contributed by atoms with van der Waals surface area (Å²) in [7, 11) is 9.63. The molecule has 5 N–H and O–H groups in total. The maximum absolute atomic E-state index is 15.0. The molecule has 14 atom stereocenters. The lowest BCUT2D eigenvalue weighted by Gasteiger charge is -2.62. The first kappa shape index (κ1) is 87.8. The smallest absolute Gasteiger partial charge is 0.507 e. The van der Waals surface area contributed by atoms with Gasteiger partial charge in [0.05, 0.1) is 75.2 Å². The average molecular weight is 1770 g/mol. The molecule has 20 rings (SSSR count). The third-order valence-corrected chi connectivity index (χ3v) is 28.9. The van der Waals surface area contributed by atoms with Gasteiger partial charge in [-0.15, -0.1) is 23.5 Å². The number of piperazine rings is 2. The van der Waals surface area contributed by atoms with Crippen molar-refractivity contribution >= 4 is 53.7 Å². The Morgan fingerprint density at radius 2 is 0.928 bits per heavy atom. The maximum atomic E-state index is 15.0. The minimum atomic E-state index is -5.39. The first-order chi connectivity index (χ1) is 58.9. The third kappa shape index (κ3) is 13.9. The standard InChI is InChI=1S/C45H47F3N4O12S.C43H48N4O11S.CH4/c1-19-11-22-12-24-25(15-49)52-26-16-59-40(54)44(23-14-27(57-7)28(13-21(23)9-10-50-44)62-42(56)64-43(3,4)5)17-65-39(33(52)32(51(24)6)29(22)34(53)35(19)58-8)31-30(26)38-37(60-18-61-38)20(2)36(31)63-41(55)45(46,47)48;1-19-11-22-12-24-25(15-44)47-26-16-54-40(50)43(23-14-27(52-7)28(13-21(23)9-10-45-43)57-41(51)58-42(3,4)5)17-59-39(31-30(26)38-37(55-18-56-38)20(2)34(31)48)33(47)32(46(24)6)29(22)35(49)36(19)53-8;/h11,13-14,24-26,32-33,39,50,53H,9-10,12,16-18H2,1-8H3;11,13-14,24-26,32-33,39,45,48-49H,9-10,12,16-18H2,1-8H3;1H4/t24-,25-,26-,32+,33?,39+,44+;24-,25-,26-,32+,33?,39+,43+;/m00./s1. The quantitative estimate of drug-likeness (QED) is 0.0429. The summed E-state index contributed by atoms with van der Waals surface area (Å²) < 4.78 is 130. The summed E-state index contributed by atoms with van der Waals surface area (Å²) in [6, 6.07) is 8.85. The molecule has 2 unspecified atom stereocenters. The summed E-state index contributed by atoms with van der Waals surface area (Å²) in [5, 5.41) is 64.1. The van der Waals surface area contributed by atoms with Crippen molar-refractivity contribution in [3.8, 4) is 92.6 Å². The maximum Gasteiger partial charge on any atom is 0.514 e. The molecule has 0 aliphatic carbocycles. The van der Waals surface area contributed by atoms with Crippen LogP contribution in [0.15, 0.2) is 36.4 Å². The molecule has 31 nitrogen and oxygen atoms in total. The van der Waals surface area contributed by atoms with Gasteiger partial charge in [-0.3, -0.25) is 30.2 Å². The van der Waals surface area contributed by atoms with Crippen LogP contribution in [-0.4, -0.2) is 213 Å². The molecule has 6 aromatic rings. The van der Waals surface area contributed by atoms with Crippen LogP contribution in [0.3, 0.4) is 0 Å². The second-order valence-electron chi connectivity index (χ2n) is 35.0. The first-order valence-electron chi connectivity index (χ1n) is 40.7. The summed E-state index contributed by atoms with van der Waals surface area (Å²) in [5.74, 6) is -1.94. The molecule has 14 aliphatic heterocycles. The van der Waals surface area contributed by atoms with Gasteiger partial charge in [0.15, 0.2) is 80.1 Å². The van der Waals surface area contributed by atoms with Crippen molar-refractivity contribution in [2.75, 3.05) is 93.9 Å². The van der Waals surface area contributed by atoms with Crippen molar-refractivity contribution in [1.82, 2.24) is 30.2 Å². The molecule has 14 heterocycles. The minimum absolute atomic E-state index is 0. The predicted octanol–water partition coefficient (Wildman–Crippen LogP) is 12.1. The molecular weight excluding hydrogens is 1670 g/mol. The number of phenols is 3. The highest BCUT2D eigenvalue weighted by Gasteiger charge is 2.65. The van der Waals surface area contributed by atoms with E-state index in [1.54, 1.807) is 79.7 Å². The Morgan fingerprint density at radius 3 is 1.33 bits per heavy atom. The van der Waals surface area contributed by atoms with Crippen LogP contribution >= 0.6 is 23.5 Å². The molecule has 36 heteroatoms. The molecule has 0 saturated carbocycles. The van der Waals surface area contributed by atoms with Crippen LogP contribution in [0.1, 0.15) is 173 Å². The number of nitriles is 2. The number of fused-ring (bicyclic) bond motifs is 18. The van der Waals surface area contributed by atoms with Crippen LogP contribution in [0.5, 0.6) is 80.5 Å². The Labute approximate surface area is 728 Å². The van der Waals surface area contributed by atoms with E-state index in [1.165, 1.54) is 58.9 Å². The summed E-state index contributed by atoms with van der Waals surface area (Å²) in [6.07, 6.45) is -5.53. The molecule has 6 aromatic carbocycles. The van der Waals surface area contributed by atoms with Gasteiger partial charge in [0.25, 0.3) is 0 Å². The number of hydrogen-bond donors (Lipinski definition) is 5. The molecular formula is C89H99F3N8O23S2. The van der Waals surface area contributed by atoms with Crippen molar-refractivity contribution in [2.24, 2.45) is 0 Å². The number of halogens is 3. The number of phenolic OH excluding ortho intramolecular Hbond substituents is 3. The fourth-order valence-corrected chi connectivity index (χ4v) is 24.4. The molecule has 0 radical (unpaired) electrons. The van der Waals surface area contributed by atoms with E-state index in [1.807, 2.05) is 43.0 Å². The largest absolute Gasteiger partial charge is 0.514 e. The number of nitrogens with one attached hydrogen (secondary N) is 2. The van der Waals surface area contributed by atoms with Crippen LogP contribution in [0.4, 0.5) is 22.8 Å². The van der Waals surface area contributed by atoms with E-state index in [0.717, 1.165) is 22.3 Å². The zero-order valence-electron chi connectivity index (χ0n) is 71.0. The Hall–Kier alpha value is -10.7. The molecule has 4 fully saturated rings. The van der Waals surface area contributed by atoms with E-state index in [9.17, 15) is 58.2 Å². The number of hydrogen-bond acceptors (Lipinski definition) is 33. The zero-order chi connectivity index (χ0) is 88.5. The van der Waals surface area contributed by atoms with Crippen LogP contribution in [0.2, 0.25) is 0 Å². The van der Waals surface area contributed by atoms with E-state index in [4.69, 9.17) is 71.1 Å². The first-order valence-corrected chi connectivity index (χ1v) is 42.8. The Morgan fingerprint density at radius 1 is 0.520 bits per heavy atom. The lowest BCUT2D eigenvalue weighted by atomic mass is 9.71. The van der Waals surface area contributed by atoms with Crippen LogP contribution < -0.4 is 62.7 Å². The molecule has 125 heavy (non-hydrogen) atoms. The monoisotopic (exact) mass is 1770 g/mol. The van der Waals surface area contributed by atoms with Crippen LogP contribution in [0.25, 0.3) is 0 Å². The summed E-state index contributed by atoms with van der Waals surface area (Å²) in [5.41, 5.74) is 4.30. The van der Waals surface area contributed by atoms with Gasteiger partial charge in [-0.05, 0) is 178 Å². The van der Waals surface area contributed by atoms with E-state index in [0.29, 0.717) is 99.5 Å². The number of nitrogens with zero attached hydrogens (tertiary/aromatic N) is 6. The second kappa shape index (κ2) is 32.0. The Kier molecular flexibility index (Phi) is 22.5. The van der Waals surface area contributed by atoms with Gasteiger partial charge >= 0.3 is 36.4 Å². The summed E-state index contributed by atoms with van der Waals surface area (Å²) in [6.45, 7) is 16.9. The number of carbonyl (C=O) groups is 5. The predicted molar refractivity (Wildman–Crippen MR) is 444 cm³/mol. The Bertz CT molecular complexity index is 5590. The fourth-order valence-electron chi connectivity index (χ4n) is 21.0. The minimum Gasteiger partial charge on any atom is -0.507 e. The molecule has 0 aromatic heterocycles. The van der Waals surface area contributed by atoms with Gasteiger partial charge in [-0.1, -0.05) is 19.6 Å². The number of alkyl halides is 3. The van der Waals surface area contributed by atoms with Gasteiger partial charge in [0.1, 0.15) is 48.0 Å². The van der Waals surface area contributed by atoms with Crippen molar-refractivity contribution in [3.63, 3.8) is 0 Å². The number of benzene rings is 6. The number of esters is 3. The highest BCUT2D eigenvalue weighted by molar-refractivity contribution is 7.99. The molecule has 666 valence electrons. The van der Waals surface area contributed by atoms with Gasteiger partial charge in [-0.2, -0.15) is 23.7 Å². The van der Waals surface area contributed by atoms with Gasteiger partial charge < -0.3 is 86.4 Å². The number of ether oxygens (including phenoxy) is 15. The summed E-state index contributed by atoms with van der Waals surface area (Å²) >= 11 is 2.64. The van der Waals surface area contributed by atoms with Crippen molar-refractivity contribution in [2.45, 2.75) is 202 Å². The summed E-state index contributed by atoms with van der Waals surface area (Å²) in [4.78, 5) is 76.8. The molecule has 2 spiro atoms. The van der Waals surface area contributed by atoms with Crippen molar-refractivity contribution in [3.05, 3.63) is 125 Å². The van der Waals surface area contributed by atoms with Crippen LogP contribution in [-0.2, 0) is 70.1 Å². The lowest BCUT2D eigenvalue weighted by molar-refractivity contribution is -0.189. The van der Waals surface area contributed by atoms with E-state index in [2.05, 4.69) is 32.6 Å². The number of rotatable bonds is 7. The molecule has 4 saturated heterocycles. The second-order valence-corrected chi connectivity index (χ2v) is 37.3. The normalized spacial score (nSPS) is 27.1. The lowest BCUT2D eigenvalue weighted by Crippen LogP contribution is -2.69.